The van der Waals surface area contributed by atoms with E-state index in [0.717, 1.165) is 0 Å². The zero-order chi connectivity index (χ0) is 22.5. The Balaban J connectivity index is 0.000000575. The zero-order valence-electron chi connectivity index (χ0n) is 17.7. The van der Waals surface area contributed by atoms with Gasteiger partial charge in [-0.1, -0.05) is 51.1 Å². The molecule has 3 aromatic rings. The molecule has 0 aliphatic rings. The van der Waals surface area contributed by atoms with Crippen molar-refractivity contribution in [2.75, 3.05) is 19.0 Å². The zero-order valence-corrected chi connectivity index (χ0v) is 19.3. The molecule has 0 amide bonds. The Labute approximate surface area is 183 Å². The molecule has 0 radical (unpaired) electrons. The highest BCUT2D eigenvalue weighted by molar-refractivity contribution is 7.16. The van der Waals surface area contributed by atoms with E-state index in [0.29, 0.717) is 0 Å². The third kappa shape index (κ3) is 7.65. The lowest BCUT2D eigenvalue weighted by atomic mass is 9.86. The molecule has 0 spiro atoms. The number of hydrogen-bond donors (Lipinski definition) is 0. The van der Waals surface area contributed by atoms with Crippen LogP contribution in [0.25, 0.3) is 22.2 Å². The van der Waals surface area contributed by atoms with E-state index < -0.39 is 10.2 Å². The van der Waals surface area contributed by atoms with Gasteiger partial charge in [0.05, 0.1) is 0 Å². The standard InChI is InChI=1S/C23H26NS.ClHO4/c1-23(2,3)19-10-13-22-21(16-19)18(14-15-25-22)9-6-17-7-11-20(12-8-17)24(4)5;2-1(3,4)5/h6-16H,1-5H3;(H,2,3,4,5)/q+1;/p-1. The van der Waals surface area contributed by atoms with Crippen LogP contribution in [0.5, 0.6) is 0 Å². The number of hydrogen-bond acceptors (Lipinski definition) is 5. The molecule has 1 heterocycles. The van der Waals surface area contributed by atoms with Crippen molar-refractivity contribution < 1.29 is 28.9 Å². The quantitative estimate of drug-likeness (QED) is 0.572. The van der Waals surface area contributed by atoms with E-state index in [1.165, 1.54) is 32.5 Å². The van der Waals surface area contributed by atoms with Gasteiger partial charge in [0.15, 0.2) is 5.38 Å². The van der Waals surface area contributed by atoms with E-state index >= 15 is 0 Å². The van der Waals surface area contributed by atoms with Crippen molar-refractivity contribution in [3.05, 3.63) is 70.6 Å². The van der Waals surface area contributed by atoms with Crippen molar-refractivity contribution in [2.24, 2.45) is 0 Å². The minimum atomic E-state index is -4.94. The average molecular weight is 448 g/mol. The number of nitrogens with zero attached hydrogens (tertiary/aromatic N) is 1. The first kappa shape index (κ1) is 24.2. The molecule has 0 saturated carbocycles. The number of anilines is 1. The van der Waals surface area contributed by atoms with Crippen molar-refractivity contribution in [1.29, 1.82) is 0 Å². The highest BCUT2D eigenvalue weighted by atomic mass is 35.7. The second-order valence-electron chi connectivity index (χ2n) is 8.03. The fourth-order valence-corrected chi connectivity index (χ4v) is 3.62. The first-order valence-electron chi connectivity index (χ1n) is 9.27. The molecule has 0 unspecified atom stereocenters. The summed E-state index contributed by atoms with van der Waals surface area (Å²) < 4.78 is 35.3. The molecule has 0 aliphatic carbocycles. The Morgan fingerprint density at radius 1 is 0.867 bits per heavy atom. The molecule has 7 heteroatoms. The smallest absolute Gasteiger partial charge is 0.238 e. The molecule has 0 atom stereocenters. The van der Waals surface area contributed by atoms with Crippen molar-refractivity contribution >= 4 is 39.3 Å². The normalized spacial score (nSPS) is 12.0. The molecule has 0 aliphatic heterocycles. The van der Waals surface area contributed by atoms with Gasteiger partial charge < -0.3 is 4.90 Å². The maximum absolute atomic E-state index is 8.49. The Morgan fingerprint density at radius 2 is 1.47 bits per heavy atom. The van der Waals surface area contributed by atoms with Crippen LogP contribution in [0.15, 0.2) is 53.9 Å². The predicted molar refractivity (Wildman–Crippen MR) is 115 cm³/mol. The van der Waals surface area contributed by atoms with Crippen LogP contribution in [0.4, 0.5) is 5.69 Å². The summed E-state index contributed by atoms with van der Waals surface area (Å²) in [6.45, 7) is 6.80. The molecule has 0 saturated heterocycles. The van der Waals surface area contributed by atoms with Gasteiger partial charge >= 0.3 is 0 Å². The monoisotopic (exact) mass is 447 g/mol. The average Bonchev–Trinajstić information content (AvgIpc) is 2.64. The van der Waals surface area contributed by atoms with Gasteiger partial charge in [0.2, 0.25) is 16.0 Å². The molecular formula is C23H26ClNO4S. The van der Waals surface area contributed by atoms with Gasteiger partial charge in [0, 0.05) is 37.3 Å². The van der Waals surface area contributed by atoms with Gasteiger partial charge in [-0.3, -0.25) is 0 Å². The minimum absolute atomic E-state index is 0.164. The topological polar surface area (TPSA) is 95.5 Å². The van der Waals surface area contributed by atoms with E-state index in [2.05, 4.69) is 106 Å². The van der Waals surface area contributed by atoms with Crippen molar-refractivity contribution in [3.63, 3.8) is 0 Å². The summed E-state index contributed by atoms with van der Waals surface area (Å²) in [7, 11) is -0.816. The second kappa shape index (κ2) is 9.83. The molecule has 160 valence electrons. The molecular weight excluding hydrogens is 422 g/mol. The maximum Gasteiger partial charge on any atom is 0.238 e. The summed E-state index contributed by atoms with van der Waals surface area (Å²) in [5.74, 6) is 0. The molecule has 2 aromatic carbocycles. The van der Waals surface area contributed by atoms with Crippen LogP contribution in [0.3, 0.4) is 0 Å². The lowest BCUT2D eigenvalue weighted by Gasteiger charge is -2.18. The Bertz CT molecular complexity index is 1000. The van der Waals surface area contributed by atoms with Crippen LogP contribution in [-0.2, 0) is 5.41 Å². The SMILES string of the molecule is CN(C)c1ccc(C=Cc2cc[s+]c3ccc(C(C)(C)C)cc23)cc1.[O-][Cl+3]([O-])([O-])[O-]. The van der Waals surface area contributed by atoms with Crippen LogP contribution in [-0.4, -0.2) is 14.1 Å². The molecule has 0 fully saturated rings. The Hall–Kier alpha value is -2.06. The van der Waals surface area contributed by atoms with Gasteiger partial charge in [-0.15, -0.1) is 10.2 Å². The highest BCUT2D eigenvalue weighted by Gasteiger charge is 2.16. The number of benzene rings is 2. The van der Waals surface area contributed by atoms with E-state index in [1.807, 2.05) is 0 Å². The number of rotatable bonds is 3. The minimum Gasteiger partial charge on any atom is -0.378 e. The van der Waals surface area contributed by atoms with Crippen LogP contribution in [0, 0.1) is 10.2 Å². The predicted octanol–water partition coefficient (Wildman–Crippen LogP) is 1.96. The van der Waals surface area contributed by atoms with Gasteiger partial charge in [0.1, 0.15) is 0 Å². The van der Waals surface area contributed by atoms with Crippen LogP contribution in [0.1, 0.15) is 37.5 Å². The second-order valence-corrected chi connectivity index (χ2v) is 9.74. The molecule has 1 aromatic heterocycles. The molecule has 0 N–H and O–H groups in total. The third-order valence-electron chi connectivity index (χ3n) is 4.46. The fraction of sp³-hybridized carbons (Fsp3) is 0.261. The van der Waals surface area contributed by atoms with Gasteiger partial charge in [-0.05, 0) is 40.3 Å². The van der Waals surface area contributed by atoms with E-state index in [9.17, 15) is 0 Å². The summed E-state index contributed by atoms with van der Waals surface area (Å²) in [6, 6.07) is 17.7. The largest absolute Gasteiger partial charge is 0.378 e. The Morgan fingerprint density at radius 3 is 2.00 bits per heavy atom. The van der Waals surface area contributed by atoms with E-state index in [-0.39, 0.29) is 5.41 Å². The lowest BCUT2D eigenvalue weighted by molar-refractivity contribution is -2.00. The van der Waals surface area contributed by atoms with Crippen molar-refractivity contribution in [1.82, 2.24) is 0 Å². The summed E-state index contributed by atoms with van der Waals surface area (Å²) >= 11 is 1.80. The summed E-state index contributed by atoms with van der Waals surface area (Å²) in [6.07, 6.45) is 4.43. The number of fused-ring (bicyclic) bond motifs is 1. The molecule has 3 rings (SSSR count). The van der Waals surface area contributed by atoms with E-state index in [4.69, 9.17) is 18.6 Å². The van der Waals surface area contributed by atoms with Crippen molar-refractivity contribution in [3.8, 4) is 0 Å². The summed E-state index contributed by atoms with van der Waals surface area (Å²) in [5.41, 5.74) is 5.26. The van der Waals surface area contributed by atoms with Crippen LogP contribution >= 0.6 is 11.3 Å². The fourth-order valence-electron chi connectivity index (χ4n) is 2.81. The summed E-state index contributed by atoms with van der Waals surface area (Å²) in [4.78, 5) is 2.12. The lowest BCUT2D eigenvalue weighted by Crippen LogP contribution is -2.68. The van der Waals surface area contributed by atoms with Gasteiger partial charge in [-0.25, -0.2) is 18.6 Å². The van der Waals surface area contributed by atoms with Crippen LogP contribution < -0.4 is 23.5 Å². The first-order chi connectivity index (χ1) is 13.8. The Kier molecular flexibility index (Phi) is 7.93. The van der Waals surface area contributed by atoms with Gasteiger partial charge in [0.25, 0.3) is 0 Å². The highest BCUT2D eigenvalue weighted by Crippen LogP contribution is 2.30. The maximum atomic E-state index is 8.49. The molecule has 5 nitrogen and oxygen atoms in total. The van der Waals surface area contributed by atoms with Gasteiger partial charge in [-0.2, -0.15) is 0 Å². The third-order valence-corrected chi connectivity index (χ3v) is 5.35. The molecule has 0 bridgehead atoms. The van der Waals surface area contributed by atoms with E-state index in [1.54, 1.807) is 11.3 Å². The van der Waals surface area contributed by atoms with Crippen molar-refractivity contribution in [2.45, 2.75) is 26.2 Å². The summed E-state index contributed by atoms with van der Waals surface area (Å²) in [5, 5.41) is 3.51. The number of halogens is 1. The first-order valence-corrected chi connectivity index (χ1v) is 11.4. The molecule has 30 heavy (non-hydrogen) atoms. The van der Waals surface area contributed by atoms with Crippen LogP contribution in [0.2, 0.25) is 0 Å².